The van der Waals surface area contributed by atoms with Crippen molar-refractivity contribution in [2.24, 2.45) is 0 Å². The number of anilines is 2. The predicted octanol–water partition coefficient (Wildman–Crippen LogP) is 1.49. The fourth-order valence-electron chi connectivity index (χ4n) is 2.99. The van der Waals surface area contributed by atoms with Gasteiger partial charge in [0.25, 0.3) is 5.56 Å². The number of nitrogens with one attached hydrogen (secondary N) is 3. The van der Waals surface area contributed by atoms with Crippen molar-refractivity contribution in [1.29, 1.82) is 0 Å². The van der Waals surface area contributed by atoms with Crippen molar-refractivity contribution in [2.45, 2.75) is 19.9 Å². The van der Waals surface area contributed by atoms with Gasteiger partial charge in [-0.3, -0.25) is 23.9 Å². The van der Waals surface area contributed by atoms with Crippen molar-refractivity contribution in [3.8, 4) is 5.75 Å². The molecule has 0 unspecified atom stereocenters. The molecule has 31 heavy (non-hydrogen) atoms. The summed E-state index contributed by atoms with van der Waals surface area (Å²) in [6, 6.07) is 11.2. The normalized spacial score (nSPS) is 11.3. The first kappa shape index (κ1) is 22.1. The lowest BCUT2D eigenvalue weighted by Crippen LogP contribution is -2.31. The van der Waals surface area contributed by atoms with Crippen LogP contribution in [0.5, 0.6) is 5.75 Å². The van der Waals surface area contributed by atoms with Gasteiger partial charge < -0.3 is 10.1 Å². The summed E-state index contributed by atoms with van der Waals surface area (Å²) in [6.45, 7) is 1.58. The summed E-state index contributed by atoms with van der Waals surface area (Å²) in [5.74, 6) is -0.211. The molecule has 2 aromatic carbocycles. The lowest BCUT2D eigenvalue weighted by atomic mass is 10.2. The van der Waals surface area contributed by atoms with E-state index in [0.717, 1.165) is 0 Å². The van der Waals surface area contributed by atoms with Gasteiger partial charge in [0.05, 0.1) is 29.5 Å². The molecule has 0 fully saturated rings. The van der Waals surface area contributed by atoms with E-state index >= 15 is 0 Å². The van der Waals surface area contributed by atoms with Gasteiger partial charge in [0.1, 0.15) is 5.75 Å². The largest absolute Gasteiger partial charge is 0.494 e. The van der Waals surface area contributed by atoms with Gasteiger partial charge >= 0.3 is 5.69 Å². The number of hydrogen-bond acceptors (Lipinski definition) is 6. The van der Waals surface area contributed by atoms with Crippen molar-refractivity contribution >= 4 is 38.2 Å². The number of aromatic amines is 1. The quantitative estimate of drug-likeness (QED) is 0.479. The molecule has 3 N–H and O–H groups in total. The third-order valence-electron chi connectivity index (χ3n) is 4.60. The SMILES string of the molecule is CCS(=O)(=O)Nc1ccc(NC(=O)CCn2c(=O)[nH]c(=O)c3ccccc32)cc1OC. The highest BCUT2D eigenvalue weighted by Crippen LogP contribution is 2.29. The molecular weight excluding hydrogens is 424 g/mol. The highest BCUT2D eigenvalue weighted by Gasteiger charge is 2.13. The van der Waals surface area contributed by atoms with Crippen LogP contribution in [0.25, 0.3) is 10.9 Å². The molecule has 0 atom stereocenters. The van der Waals surface area contributed by atoms with E-state index in [9.17, 15) is 22.8 Å². The summed E-state index contributed by atoms with van der Waals surface area (Å²) in [5, 5.41) is 3.05. The van der Waals surface area contributed by atoms with Crippen LogP contribution >= 0.6 is 0 Å². The molecule has 3 aromatic rings. The maximum atomic E-state index is 12.4. The molecule has 0 radical (unpaired) electrons. The molecule has 0 saturated carbocycles. The fraction of sp³-hybridized carbons (Fsp3) is 0.250. The number of aryl methyl sites for hydroxylation is 1. The first-order valence-electron chi connectivity index (χ1n) is 9.44. The van der Waals surface area contributed by atoms with E-state index in [2.05, 4.69) is 15.0 Å². The lowest BCUT2D eigenvalue weighted by molar-refractivity contribution is -0.116. The summed E-state index contributed by atoms with van der Waals surface area (Å²) in [5.41, 5.74) is 0.0322. The summed E-state index contributed by atoms with van der Waals surface area (Å²) >= 11 is 0. The van der Waals surface area contributed by atoms with Gasteiger partial charge in [0, 0.05) is 24.7 Å². The van der Waals surface area contributed by atoms with E-state index in [1.807, 2.05) is 0 Å². The number of para-hydroxylation sites is 1. The molecule has 0 spiro atoms. The molecule has 0 saturated heterocycles. The number of hydrogen-bond donors (Lipinski definition) is 3. The molecule has 0 aliphatic heterocycles. The minimum Gasteiger partial charge on any atom is -0.494 e. The molecule has 0 aliphatic rings. The molecule has 0 aliphatic carbocycles. The number of carbonyl (C=O) groups excluding carboxylic acids is 1. The van der Waals surface area contributed by atoms with Crippen LogP contribution in [0.2, 0.25) is 0 Å². The molecular formula is C20H22N4O6S. The Morgan fingerprint density at radius 2 is 1.90 bits per heavy atom. The van der Waals surface area contributed by atoms with E-state index in [1.165, 1.54) is 36.8 Å². The first-order chi connectivity index (χ1) is 14.7. The lowest BCUT2D eigenvalue weighted by Gasteiger charge is -2.13. The van der Waals surface area contributed by atoms with Gasteiger partial charge in [-0.2, -0.15) is 0 Å². The average molecular weight is 446 g/mol. The Bertz CT molecular complexity index is 1340. The number of methoxy groups -OCH3 is 1. The number of nitrogens with zero attached hydrogens (tertiary/aromatic N) is 1. The Morgan fingerprint density at radius 1 is 1.16 bits per heavy atom. The maximum absolute atomic E-state index is 12.4. The van der Waals surface area contributed by atoms with Crippen molar-refractivity contribution in [3.05, 3.63) is 63.3 Å². The van der Waals surface area contributed by atoms with Crippen molar-refractivity contribution in [2.75, 3.05) is 22.9 Å². The van der Waals surface area contributed by atoms with Gasteiger partial charge in [0.2, 0.25) is 15.9 Å². The van der Waals surface area contributed by atoms with Crippen molar-refractivity contribution in [1.82, 2.24) is 9.55 Å². The second-order valence-corrected chi connectivity index (χ2v) is 8.66. The zero-order valence-corrected chi connectivity index (χ0v) is 17.8. The number of ether oxygens (including phenoxy) is 1. The standard InChI is InChI=1S/C20H22N4O6S/c1-3-31(28,29)23-15-9-8-13(12-17(15)30-2)21-18(25)10-11-24-16-7-5-4-6-14(16)19(26)22-20(24)27/h4-9,12,23H,3,10-11H2,1-2H3,(H,21,25)(H,22,26,27). The molecule has 10 nitrogen and oxygen atoms in total. The number of benzene rings is 2. The molecule has 11 heteroatoms. The van der Waals surface area contributed by atoms with Crippen LogP contribution in [0.3, 0.4) is 0 Å². The Hall–Kier alpha value is -3.60. The highest BCUT2D eigenvalue weighted by molar-refractivity contribution is 7.92. The van der Waals surface area contributed by atoms with Gasteiger partial charge in [-0.15, -0.1) is 0 Å². The summed E-state index contributed by atoms with van der Waals surface area (Å²) in [4.78, 5) is 38.8. The number of sulfonamides is 1. The summed E-state index contributed by atoms with van der Waals surface area (Å²) < 4.78 is 32.5. The van der Waals surface area contributed by atoms with Gasteiger partial charge in [-0.05, 0) is 31.2 Å². The van der Waals surface area contributed by atoms with E-state index < -0.39 is 21.3 Å². The topological polar surface area (TPSA) is 139 Å². The van der Waals surface area contributed by atoms with E-state index in [1.54, 1.807) is 24.3 Å². The minimum atomic E-state index is -3.48. The van der Waals surface area contributed by atoms with Crippen molar-refractivity contribution in [3.63, 3.8) is 0 Å². The van der Waals surface area contributed by atoms with Crippen LogP contribution in [0.4, 0.5) is 11.4 Å². The Kier molecular flexibility index (Phi) is 6.44. The van der Waals surface area contributed by atoms with Crippen LogP contribution in [0.15, 0.2) is 52.1 Å². The fourth-order valence-corrected chi connectivity index (χ4v) is 3.64. The minimum absolute atomic E-state index is 0.0253. The van der Waals surface area contributed by atoms with Crippen LogP contribution in [-0.4, -0.2) is 36.7 Å². The van der Waals surface area contributed by atoms with Crippen molar-refractivity contribution < 1.29 is 17.9 Å². The third kappa shape index (κ3) is 5.12. The van der Waals surface area contributed by atoms with Crippen LogP contribution < -0.4 is 26.0 Å². The number of fused-ring (bicyclic) bond motifs is 1. The first-order valence-corrected chi connectivity index (χ1v) is 11.1. The maximum Gasteiger partial charge on any atom is 0.328 e. The number of rotatable bonds is 8. The molecule has 3 rings (SSSR count). The van der Waals surface area contributed by atoms with Gasteiger partial charge in [0.15, 0.2) is 0 Å². The number of amides is 1. The Morgan fingerprint density at radius 3 is 2.61 bits per heavy atom. The summed E-state index contributed by atoms with van der Waals surface area (Å²) in [6.07, 6.45) is -0.0253. The highest BCUT2D eigenvalue weighted by atomic mass is 32.2. The smallest absolute Gasteiger partial charge is 0.328 e. The average Bonchev–Trinajstić information content (AvgIpc) is 2.74. The zero-order chi connectivity index (χ0) is 22.6. The summed E-state index contributed by atoms with van der Waals surface area (Å²) in [7, 11) is -2.09. The Labute approximate surface area is 177 Å². The number of H-pyrrole nitrogens is 1. The molecule has 1 amide bonds. The molecule has 164 valence electrons. The predicted molar refractivity (Wildman–Crippen MR) is 118 cm³/mol. The second-order valence-electron chi connectivity index (χ2n) is 6.65. The van der Waals surface area contributed by atoms with Gasteiger partial charge in [-0.25, -0.2) is 13.2 Å². The zero-order valence-electron chi connectivity index (χ0n) is 17.0. The molecule has 1 aromatic heterocycles. The number of carbonyl (C=O) groups is 1. The Balaban J connectivity index is 1.74. The van der Waals surface area contributed by atoms with E-state index in [-0.39, 0.29) is 36.1 Å². The van der Waals surface area contributed by atoms with Crippen LogP contribution in [-0.2, 0) is 21.4 Å². The third-order valence-corrected chi connectivity index (χ3v) is 5.89. The van der Waals surface area contributed by atoms with Crippen LogP contribution in [0, 0.1) is 0 Å². The monoisotopic (exact) mass is 446 g/mol. The molecule has 1 heterocycles. The van der Waals surface area contributed by atoms with Gasteiger partial charge in [-0.1, -0.05) is 12.1 Å². The van der Waals surface area contributed by atoms with Crippen LogP contribution in [0.1, 0.15) is 13.3 Å². The molecule has 0 bridgehead atoms. The second kappa shape index (κ2) is 9.04. The van der Waals surface area contributed by atoms with E-state index in [0.29, 0.717) is 16.6 Å². The number of aromatic nitrogens is 2. The van der Waals surface area contributed by atoms with E-state index in [4.69, 9.17) is 4.74 Å².